The third-order valence-corrected chi connectivity index (χ3v) is 3.78. The van der Waals surface area contributed by atoms with Gasteiger partial charge in [-0.15, -0.1) is 0 Å². The molecule has 0 fully saturated rings. The lowest BCUT2D eigenvalue weighted by atomic mass is 9.94. The summed E-state index contributed by atoms with van der Waals surface area (Å²) in [4.78, 5) is 2.53. The number of nitrogens with zero attached hydrogens (tertiary/aromatic N) is 1. The Balaban J connectivity index is 4.58. The lowest BCUT2D eigenvalue weighted by Crippen LogP contribution is -2.50. The fourth-order valence-electron chi connectivity index (χ4n) is 2.49. The van der Waals surface area contributed by atoms with Crippen LogP contribution in [0.3, 0.4) is 0 Å². The molecule has 0 aliphatic heterocycles. The summed E-state index contributed by atoms with van der Waals surface area (Å²) < 4.78 is 5.22. The Morgan fingerprint density at radius 3 is 2.29 bits per heavy atom. The van der Waals surface area contributed by atoms with Gasteiger partial charge in [-0.3, -0.25) is 4.90 Å². The summed E-state index contributed by atoms with van der Waals surface area (Å²) in [6, 6.07) is 1.07. The molecule has 0 aromatic heterocycles. The molecule has 0 spiro atoms. The predicted molar refractivity (Wildman–Crippen MR) is 75.2 cm³/mol. The number of methoxy groups -OCH3 is 1. The van der Waals surface area contributed by atoms with Crippen LogP contribution in [0.2, 0.25) is 0 Å². The van der Waals surface area contributed by atoms with Gasteiger partial charge in [0.2, 0.25) is 0 Å². The van der Waals surface area contributed by atoms with E-state index in [9.17, 15) is 0 Å². The molecule has 0 heterocycles. The minimum atomic E-state index is 0.486. The van der Waals surface area contributed by atoms with Gasteiger partial charge in [-0.25, -0.2) is 0 Å². The largest absolute Gasteiger partial charge is 0.383 e. The maximum atomic E-state index is 5.99. The molecule has 3 atom stereocenters. The van der Waals surface area contributed by atoms with E-state index in [1.54, 1.807) is 7.11 Å². The van der Waals surface area contributed by atoms with E-state index in [1.165, 1.54) is 19.3 Å². The summed E-state index contributed by atoms with van der Waals surface area (Å²) in [5.74, 6) is 0.663. The molecule has 17 heavy (non-hydrogen) atoms. The number of ether oxygens (including phenoxy) is 1. The van der Waals surface area contributed by atoms with Crippen molar-refractivity contribution < 1.29 is 4.74 Å². The molecule has 0 saturated heterocycles. The van der Waals surface area contributed by atoms with Crippen molar-refractivity contribution in [2.24, 2.45) is 11.7 Å². The van der Waals surface area contributed by atoms with E-state index in [0.29, 0.717) is 18.0 Å². The van der Waals surface area contributed by atoms with Gasteiger partial charge in [-0.05, 0) is 25.7 Å². The van der Waals surface area contributed by atoms with Gasteiger partial charge in [-0.2, -0.15) is 0 Å². The van der Waals surface area contributed by atoms with Gasteiger partial charge < -0.3 is 10.5 Å². The van der Waals surface area contributed by atoms with Gasteiger partial charge in [-0.1, -0.05) is 27.2 Å². The quantitative estimate of drug-likeness (QED) is 0.642. The van der Waals surface area contributed by atoms with Crippen molar-refractivity contribution in [3.8, 4) is 0 Å². The lowest BCUT2D eigenvalue weighted by molar-refractivity contribution is 0.0661. The molecule has 3 nitrogen and oxygen atoms in total. The first kappa shape index (κ1) is 16.9. The fraction of sp³-hybridized carbons (Fsp3) is 1.00. The van der Waals surface area contributed by atoms with Crippen molar-refractivity contribution in [2.45, 2.75) is 59.0 Å². The van der Waals surface area contributed by atoms with Crippen LogP contribution >= 0.6 is 0 Å². The monoisotopic (exact) mass is 244 g/mol. The second-order valence-electron chi connectivity index (χ2n) is 5.06. The maximum absolute atomic E-state index is 5.99. The van der Waals surface area contributed by atoms with Crippen molar-refractivity contribution in [3.05, 3.63) is 0 Å². The third-order valence-electron chi connectivity index (χ3n) is 3.78. The molecule has 0 aliphatic rings. The highest BCUT2D eigenvalue weighted by Gasteiger charge is 2.25. The van der Waals surface area contributed by atoms with Gasteiger partial charge in [0.15, 0.2) is 0 Å². The van der Waals surface area contributed by atoms with Crippen molar-refractivity contribution in [2.75, 3.05) is 26.8 Å². The number of nitrogens with two attached hydrogens (primary N) is 1. The summed E-state index contributed by atoms with van der Waals surface area (Å²) in [6.07, 6.45) is 3.65. The van der Waals surface area contributed by atoms with Gasteiger partial charge in [0.25, 0.3) is 0 Å². The zero-order chi connectivity index (χ0) is 13.3. The topological polar surface area (TPSA) is 38.5 Å². The molecule has 0 amide bonds. The Hall–Kier alpha value is -0.120. The summed E-state index contributed by atoms with van der Waals surface area (Å²) in [7, 11) is 1.77. The van der Waals surface area contributed by atoms with E-state index in [2.05, 4.69) is 32.6 Å². The molecule has 2 N–H and O–H groups in total. The normalized spacial score (nSPS) is 17.1. The summed E-state index contributed by atoms with van der Waals surface area (Å²) in [5, 5.41) is 0. The van der Waals surface area contributed by atoms with Crippen LogP contribution in [0.4, 0.5) is 0 Å². The number of rotatable bonds is 10. The van der Waals surface area contributed by atoms with Crippen LogP contribution in [-0.4, -0.2) is 43.8 Å². The Bertz CT molecular complexity index is 176. The van der Waals surface area contributed by atoms with E-state index in [1.807, 2.05) is 0 Å². The van der Waals surface area contributed by atoms with Crippen molar-refractivity contribution >= 4 is 0 Å². The number of hydrogen-bond acceptors (Lipinski definition) is 3. The van der Waals surface area contributed by atoms with E-state index >= 15 is 0 Å². The molecule has 3 unspecified atom stereocenters. The molecule has 104 valence electrons. The molecule has 0 bridgehead atoms. The first-order valence-corrected chi connectivity index (χ1v) is 7.06. The van der Waals surface area contributed by atoms with Crippen molar-refractivity contribution in [3.63, 3.8) is 0 Å². The van der Waals surface area contributed by atoms with Crippen LogP contribution in [0.5, 0.6) is 0 Å². The average molecular weight is 244 g/mol. The second kappa shape index (κ2) is 9.86. The summed E-state index contributed by atoms with van der Waals surface area (Å²) in [6.45, 7) is 11.6. The van der Waals surface area contributed by atoms with Crippen LogP contribution in [-0.2, 0) is 4.74 Å². The summed E-state index contributed by atoms with van der Waals surface area (Å²) in [5.41, 5.74) is 5.99. The summed E-state index contributed by atoms with van der Waals surface area (Å²) >= 11 is 0. The Morgan fingerprint density at radius 1 is 1.24 bits per heavy atom. The van der Waals surface area contributed by atoms with Gasteiger partial charge in [0.1, 0.15) is 0 Å². The number of hydrogen-bond donors (Lipinski definition) is 1. The smallest absolute Gasteiger partial charge is 0.0589 e. The second-order valence-corrected chi connectivity index (χ2v) is 5.06. The third kappa shape index (κ3) is 5.84. The first-order chi connectivity index (χ1) is 8.12. The van der Waals surface area contributed by atoms with Crippen LogP contribution in [0.25, 0.3) is 0 Å². The fourth-order valence-corrected chi connectivity index (χ4v) is 2.49. The molecule has 0 aromatic rings. The van der Waals surface area contributed by atoms with Crippen molar-refractivity contribution in [1.29, 1.82) is 0 Å². The molecule has 0 aromatic carbocycles. The molecular weight excluding hydrogens is 212 g/mol. The van der Waals surface area contributed by atoms with E-state index < -0.39 is 0 Å². The Labute approximate surface area is 108 Å². The van der Waals surface area contributed by atoms with Crippen LogP contribution in [0, 0.1) is 5.92 Å². The minimum Gasteiger partial charge on any atom is -0.383 e. The highest BCUT2D eigenvalue weighted by molar-refractivity contribution is 4.81. The van der Waals surface area contributed by atoms with Gasteiger partial charge in [0, 0.05) is 32.3 Å². The highest BCUT2D eigenvalue weighted by Crippen LogP contribution is 2.19. The van der Waals surface area contributed by atoms with E-state index in [-0.39, 0.29) is 0 Å². The van der Waals surface area contributed by atoms with Crippen LogP contribution in [0.15, 0.2) is 0 Å². The molecule has 0 saturated carbocycles. The molecule has 0 aliphatic carbocycles. The van der Waals surface area contributed by atoms with E-state index in [0.717, 1.165) is 19.7 Å². The minimum absolute atomic E-state index is 0.486. The van der Waals surface area contributed by atoms with Gasteiger partial charge in [0.05, 0.1) is 6.61 Å². The zero-order valence-electron chi connectivity index (χ0n) is 12.4. The SMILES string of the molecule is CCCC(C)C(CN)N(CCOC)C(C)CC. The van der Waals surface area contributed by atoms with Gasteiger partial charge >= 0.3 is 0 Å². The predicted octanol–water partition coefficient (Wildman–Crippen LogP) is 2.50. The Kier molecular flexibility index (Phi) is 9.79. The molecule has 0 rings (SSSR count). The maximum Gasteiger partial charge on any atom is 0.0589 e. The zero-order valence-corrected chi connectivity index (χ0v) is 12.4. The lowest BCUT2D eigenvalue weighted by Gasteiger charge is -2.39. The molecule has 0 radical (unpaired) electrons. The highest BCUT2D eigenvalue weighted by atomic mass is 16.5. The average Bonchev–Trinajstić information content (AvgIpc) is 2.33. The standard InChI is InChI=1S/C14H32N2O/c1-6-8-12(3)14(11-15)16(9-10-17-5)13(4)7-2/h12-14H,6-11,15H2,1-5H3. The van der Waals surface area contributed by atoms with Crippen molar-refractivity contribution in [1.82, 2.24) is 4.90 Å². The molecular formula is C14H32N2O. The molecule has 3 heteroatoms. The van der Waals surface area contributed by atoms with Crippen LogP contribution < -0.4 is 5.73 Å². The van der Waals surface area contributed by atoms with Crippen LogP contribution in [0.1, 0.15) is 47.0 Å². The Morgan fingerprint density at radius 2 is 1.88 bits per heavy atom. The van der Waals surface area contributed by atoms with E-state index in [4.69, 9.17) is 10.5 Å². The first-order valence-electron chi connectivity index (χ1n) is 7.06.